The van der Waals surface area contributed by atoms with Crippen molar-refractivity contribution in [3.63, 3.8) is 0 Å². The van der Waals surface area contributed by atoms with Gasteiger partial charge in [0.05, 0.1) is 21.2 Å². The fourth-order valence-electron chi connectivity index (χ4n) is 2.45. The third kappa shape index (κ3) is 6.28. The number of hydrogen-bond donors (Lipinski definition) is 1. The van der Waals surface area contributed by atoms with Crippen molar-refractivity contribution in [3.05, 3.63) is 70.2 Å². The summed E-state index contributed by atoms with van der Waals surface area (Å²) in [5, 5.41) is 7.93. The SMILES string of the molecule is Cc1nc(COc2cccc(C(=O)OCCOc3ccc(S(N)(=O)=O)cc3)c2)cs1. The lowest BCUT2D eigenvalue weighted by molar-refractivity contribution is 0.0450. The van der Waals surface area contributed by atoms with Gasteiger partial charge in [-0.3, -0.25) is 0 Å². The molecule has 158 valence electrons. The van der Waals surface area contributed by atoms with Crippen LogP contribution in [0.5, 0.6) is 11.5 Å². The molecule has 0 bridgehead atoms. The van der Waals surface area contributed by atoms with E-state index in [2.05, 4.69) is 4.98 Å². The summed E-state index contributed by atoms with van der Waals surface area (Å²) in [6.45, 7) is 2.38. The maximum Gasteiger partial charge on any atom is 0.338 e. The first kappa shape index (κ1) is 21.8. The van der Waals surface area contributed by atoms with Gasteiger partial charge in [0.15, 0.2) is 0 Å². The van der Waals surface area contributed by atoms with Gasteiger partial charge in [-0.15, -0.1) is 11.3 Å². The van der Waals surface area contributed by atoms with Crippen LogP contribution in [0, 0.1) is 6.92 Å². The van der Waals surface area contributed by atoms with E-state index in [-0.39, 0.29) is 18.1 Å². The molecular weight excluding hydrogens is 428 g/mol. The number of carbonyl (C=O) groups excluding carboxylic acids is 1. The van der Waals surface area contributed by atoms with E-state index in [4.69, 9.17) is 19.3 Å². The highest BCUT2D eigenvalue weighted by atomic mass is 32.2. The predicted molar refractivity (Wildman–Crippen MR) is 111 cm³/mol. The Hall–Kier alpha value is -2.95. The molecule has 0 aliphatic rings. The molecule has 3 rings (SSSR count). The molecule has 1 heterocycles. The van der Waals surface area contributed by atoms with E-state index in [0.717, 1.165) is 10.7 Å². The number of sulfonamides is 1. The topological polar surface area (TPSA) is 118 Å². The van der Waals surface area contributed by atoms with Crippen LogP contribution in [0.25, 0.3) is 0 Å². The van der Waals surface area contributed by atoms with E-state index in [1.165, 1.54) is 24.3 Å². The van der Waals surface area contributed by atoms with Crippen molar-refractivity contribution in [1.29, 1.82) is 0 Å². The lowest BCUT2D eigenvalue weighted by atomic mass is 10.2. The Kier molecular flexibility index (Phi) is 7.03. The van der Waals surface area contributed by atoms with E-state index in [1.807, 2.05) is 12.3 Å². The molecule has 0 saturated heterocycles. The molecule has 0 amide bonds. The predicted octanol–water partition coefficient (Wildman–Crippen LogP) is 2.91. The first-order valence-corrected chi connectivity index (χ1v) is 11.3. The van der Waals surface area contributed by atoms with Gasteiger partial charge in [-0.1, -0.05) is 6.07 Å². The molecule has 3 aromatic rings. The molecule has 0 saturated carbocycles. The van der Waals surface area contributed by atoms with Crippen LogP contribution in [-0.2, 0) is 21.4 Å². The zero-order valence-corrected chi connectivity index (χ0v) is 17.7. The van der Waals surface area contributed by atoms with Crippen LogP contribution in [0.3, 0.4) is 0 Å². The van der Waals surface area contributed by atoms with Crippen LogP contribution < -0.4 is 14.6 Å². The van der Waals surface area contributed by atoms with Crippen LogP contribution in [0.1, 0.15) is 21.1 Å². The minimum atomic E-state index is -3.75. The largest absolute Gasteiger partial charge is 0.490 e. The second-order valence-corrected chi connectivity index (χ2v) is 8.80. The van der Waals surface area contributed by atoms with Crippen molar-refractivity contribution in [2.45, 2.75) is 18.4 Å². The summed E-state index contributed by atoms with van der Waals surface area (Å²) in [4.78, 5) is 16.5. The Morgan fingerprint density at radius 1 is 1.07 bits per heavy atom. The number of primary sulfonamides is 1. The van der Waals surface area contributed by atoms with Crippen LogP contribution in [0.15, 0.2) is 58.8 Å². The Balaban J connectivity index is 1.45. The summed E-state index contributed by atoms with van der Waals surface area (Å²) >= 11 is 1.55. The van der Waals surface area contributed by atoms with Crippen molar-refractivity contribution in [2.75, 3.05) is 13.2 Å². The second-order valence-electron chi connectivity index (χ2n) is 6.18. The molecule has 2 aromatic carbocycles. The highest BCUT2D eigenvalue weighted by Crippen LogP contribution is 2.17. The van der Waals surface area contributed by atoms with E-state index >= 15 is 0 Å². The standard InChI is InChI=1S/C20H20N2O6S2/c1-14-22-16(13-29-14)12-28-18-4-2-3-15(11-18)20(23)27-10-9-26-17-5-7-19(8-6-17)30(21,24)25/h2-8,11,13H,9-10,12H2,1H3,(H2,21,24,25). The normalized spacial score (nSPS) is 11.1. The molecule has 1 aromatic heterocycles. The first-order valence-electron chi connectivity index (χ1n) is 8.88. The first-order chi connectivity index (χ1) is 14.3. The van der Waals surface area contributed by atoms with Crippen molar-refractivity contribution in [3.8, 4) is 11.5 Å². The number of nitrogens with zero attached hydrogens (tertiary/aromatic N) is 1. The van der Waals surface area contributed by atoms with Gasteiger partial charge in [0.25, 0.3) is 0 Å². The number of nitrogens with two attached hydrogens (primary N) is 1. The van der Waals surface area contributed by atoms with Gasteiger partial charge in [0.1, 0.15) is 31.3 Å². The number of benzene rings is 2. The van der Waals surface area contributed by atoms with Gasteiger partial charge >= 0.3 is 5.97 Å². The zero-order chi connectivity index (χ0) is 21.6. The third-order valence-electron chi connectivity index (χ3n) is 3.86. The summed E-state index contributed by atoms with van der Waals surface area (Å²) in [6.07, 6.45) is 0. The number of rotatable bonds is 9. The third-order valence-corrected chi connectivity index (χ3v) is 5.61. The average Bonchev–Trinajstić information content (AvgIpc) is 3.14. The monoisotopic (exact) mass is 448 g/mol. The zero-order valence-electron chi connectivity index (χ0n) is 16.1. The van der Waals surface area contributed by atoms with Crippen molar-refractivity contribution < 1.29 is 27.4 Å². The number of carbonyl (C=O) groups is 1. The molecule has 2 N–H and O–H groups in total. The van der Waals surface area contributed by atoms with Crippen LogP contribution in [0.4, 0.5) is 0 Å². The summed E-state index contributed by atoms with van der Waals surface area (Å²) in [5.41, 5.74) is 1.19. The van der Waals surface area contributed by atoms with Crippen molar-refractivity contribution in [2.24, 2.45) is 5.14 Å². The van der Waals surface area contributed by atoms with Gasteiger partial charge in [-0.25, -0.2) is 23.3 Å². The molecule has 0 radical (unpaired) electrons. The van der Waals surface area contributed by atoms with E-state index in [9.17, 15) is 13.2 Å². The number of aryl methyl sites for hydroxylation is 1. The molecule has 0 fully saturated rings. The summed E-state index contributed by atoms with van der Waals surface area (Å²) in [5.74, 6) is 0.477. The molecule has 8 nitrogen and oxygen atoms in total. The van der Waals surface area contributed by atoms with Crippen molar-refractivity contribution >= 4 is 27.3 Å². The lowest BCUT2D eigenvalue weighted by Crippen LogP contribution is -2.13. The molecule has 0 atom stereocenters. The van der Waals surface area contributed by atoms with Crippen molar-refractivity contribution in [1.82, 2.24) is 4.98 Å². The number of hydrogen-bond acceptors (Lipinski definition) is 8. The maximum absolute atomic E-state index is 12.2. The fourth-order valence-corrected chi connectivity index (χ4v) is 3.56. The van der Waals surface area contributed by atoms with Gasteiger partial charge in [-0.2, -0.15) is 0 Å². The molecular formula is C20H20N2O6S2. The van der Waals surface area contributed by atoms with Crippen LogP contribution in [-0.4, -0.2) is 32.6 Å². The lowest BCUT2D eigenvalue weighted by Gasteiger charge is -2.09. The van der Waals surface area contributed by atoms with Gasteiger partial charge in [0, 0.05) is 5.38 Å². The van der Waals surface area contributed by atoms with Gasteiger partial charge < -0.3 is 14.2 Å². The number of ether oxygens (including phenoxy) is 3. The van der Waals surface area contributed by atoms with Gasteiger partial charge in [-0.05, 0) is 49.4 Å². The van der Waals surface area contributed by atoms with E-state index < -0.39 is 16.0 Å². The molecule has 30 heavy (non-hydrogen) atoms. The summed E-state index contributed by atoms with van der Waals surface area (Å²) in [6, 6.07) is 12.3. The number of aromatic nitrogens is 1. The highest BCUT2D eigenvalue weighted by molar-refractivity contribution is 7.89. The minimum absolute atomic E-state index is 0.00621. The maximum atomic E-state index is 12.2. The number of esters is 1. The Morgan fingerprint density at radius 2 is 1.83 bits per heavy atom. The smallest absolute Gasteiger partial charge is 0.338 e. The Bertz CT molecular complexity index is 1110. The van der Waals surface area contributed by atoms with Crippen LogP contribution >= 0.6 is 11.3 Å². The second kappa shape index (κ2) is 9.70. The molecule has 0 unspecified atom stereocenters. The summed E-state index contributed by atoms with van der Waals surface area (Å²) < 4.78 is 38.7. The van der Waals surface area contributed by atoms with Gasteiger partial charge in [0.2, 0.25) is 10.0 Å². The summed E-state index contributed by atoms with van der Waals surface area (Å²) in [7, 11) is -3.75. The average molecular weight is 449 g/mol. The van der Waals surface area contributed by atoms with E-state index in [1.54, 1.807) is 35.6 Å². The molecule has 0 aliphatic carbocycles. The Morgan fingerprint density at radius 3 is 2.50 bits per heavy atom. The Labute approximate surface area is 178 Å². The molecule has 10 heteroatoms. The molecule has 0 spiro atoms. The fraction of sp³-hybridized carbons (Fsp3) is 0.200. The highest BCUT2D eigenvalue weighted by Gasteiger charge is 2.10. The van der Waals surface area contributed by atoms with Crippen LogP contribution in [0.2, 0.25) is 0 Å². The minimum Gasteiger partial charge on any atom is -0.490 e. The molecule has 0 aliphatic heterocycles. The van der Waals surface area contributed by atoms with E-state index in [0.29, 0.717) is 23.7 Å². The quantitative estimate of drug-likeness (QED) is 0.395. The number of thiazole rings is 1.